The van der Waals surface area contributed by atoms with E-state index in [4.69, 9.17) is 9.05 Å². The van der Waals surface area contributed by atoms with Crippen molar-refractivity contribution in [3.8, 4) is 0 Å². The van der Waals surface area contributed by atoms with E-state index in [1.807, 2.05) is 21.1 Å². The molecule has 0 radical (unpaired) electrons. The van der Waals surface area contributed by atoms with Crippen LogP contribution in [0.2, 0.25) is 0 Å². The molecule has 0 rings (SSSR count). The summed E-state index contributed by atoms with van der Waals surface area (Å²) in [6.45, 7) is 4.64. The molecule has 2 N–H and O–H groups in total. The Kier molecular flexibility index (Phi) is 25.6. The molecule has 41 heavy (non-hydrogen) atoms. The molecule has 0 aliphatic carbocycles. The molecule has 3 atom stereocenters. The molecule has 0 aromatic carbocycles. The van der Waals surface area contributed by atoms with Crippen LogP contribution in [-0.2, 0) is 18.4 Å². The fourth-order valence-corrected chi connectivity index (χ4v) is 5.52. The number of phosphoric ester groups is 1. The molecule has 0 aromatic heterocycles. The standard InChI is InChI=1S/C32H67N2O6P/c1-6-8-10-12-14-15-16-17-18-20-21-23-25-31(35)30(29-40-41(37,38)39-28-27-34(3,4)5)33-32(36)26-24-22-19-13-11-9-7-2/h30-31,35H,6-29H2,1-5H3,(H-,33,36,37,38)/t30-,31+/m0/s1. The van der Waals surface area contributed by atoms with Crippen molar-refractivity contribution in [2.75, 3.05) is 40.9 Å². The Balaban J connectivity index is 4.51. The van der Waals surface area contributed by atoms with Gasteiger partial charge in [-0.3, -0.25) is 9.36 Å². The summed E-state index contributed by atoms with van der Waals surface area (Å²) in [7, 11) is 1.31. The second-order valence-corrected chi connectivity index (χ2v) is 14.3. The topological polar surface area (TPSA) is 108 Å². The van der Waals surface area contributed by atoms with Crippen molar-refractivity contribution in [1.82, 2.24) is 5.32 Å². The van der Waals surface area contributed by atoms with Gasteiger partial charge in [-0.2, -0.15) is 0 Å². The van der Waals surface area contributed by atoms with E-state index in [-0.39, 0.29) is 19.1 Å². The average molecular weight is 607 g/mol. The molecule has 0 saturated carbocycles. The van der Waals surface area contributed by atoms with E-state index >= 15 is 0 Å². The van der Waals surface area contributed by atoms with Crippen molar-refractivity contribution in [1.29, 1.82) is 0 Å². The van der Waals surface area contributed by atoms with E-state index in [2.05, 4.69) is 19.2 Å². The number of phosphoric acid groups is 1. The van der Waals surface area contributed by atoms with Crippen LogP contribution in [0.3, 0.4) is 0 Å². The maximum absolute atomic E-state index is 12.6. The number of unbranched alkanes of at least 4 members (excludes halogenated alkanes) is 17. The Labute approximate surface area is 253 Å². The normalized spacial score (nSPS) is 15.0. The minimum atomic E-state index is -4.54. The largest absolute Gasteiger partial charge is 0.756 e. The third-order valence-electron chi connectivity index (χ3n) is 7.60. The van der Waals surface area contributed by atoms with Crippen LogP contribution in [-0.4, -0.2) is 68.5 Å². The minimum absolute atomic E-state index is 0.0149. The highest BCUT2D eigenvalue weighted by Crippen LogP contribution is 2.38. The maximum Gasteiger partial charge on any atom is 0.268 e. The quantitative estimate of drug-likeness (QED) is 0.0506. The van der Waals surface area contributed by atoms with Gasteiger partial charge in [0.1, 0.15) is 13.2 Å². The van der Waals surface area contributed by atoms with Gasteiger partial charge in [0.15, 0.2) is 0 Å². The molecule has 246 valence electrons. The Bertz CT molecular complexity index is 659. The number of carbonyl (C=O) groups excluding carboxylic acids is 1. The van der Waals surface area contributed by atoms with Crippen LogP contribution in [0.25, 0.3) is 0 Å². The zero-order valence-corrected chi connectivity index (χ0v) is 28.4. The summed E-state index contributed by atoms with van der Waals surface area (Å²) in [5.74, 6) is -0.174. The summed E-state index contributed by atoms with van der Waals surface area (Å²) in [5, 5.41) is 13.7. The average Bonchev–Trinajstić information content (AvgIpc) is 2.90. The van der Waals surface area contributed by atoms with Gasteiger partial charge in [0.25, 0.3) is 7.82 Å². The van der Waals surface area contributed by atoms with Crippen molar-refractivity contribution < 1.29 is 32.9 Å². The third-order valence-corrected chi connectivity index (χ3v) is 8.56. The van der Waals surface area contributed by atoms with E-state index < -0.39 is 20.0 Å². The second kappa shape index (κ2) is 25.9. The summed E-state index contributed by atoms with van der Waals surface area (Å²) in [4.78, 5) is 24.9. The summed E-state index contributed by atoms with van der Waals surface area (Å²) < 4.78 is 23.0. The maximum atomic E-state index is 12.6. The number of aliphatic hydroxyl groups is 1. The zero-order valence-electron chi connectivity index (χ0n) is 27.5. The van der Waals surface area contributed by atoms with Gasteiger partial charge < -0.3 is 28.8 Å². The lowest BCUT2D eigenvalue weighted by molar-refractivity contribution is -0.870. The lowest BCUT2D eigenvalue weighted by atomic mass is 10.0. The van der Waals surface area contributed by atoms with E-state index in [0.29, 0.717) is 23.9 Å². The zero-order chi connectivity index (χ0) is 30.8. The van der Waals surface area contributed by atoms with Crippen molar-refractivity contribution >= 4 is 13.7 Å². The van der Waals surface area contributed by atoms with Crippen molar-refractivity contribution in [3.05, 3.63) is 0 Å². The number of carbonyl (C=O) groups is 1. The van der Waals surface area contributed by atoms with Crippen LogP contribution >= 0.6 is 7.82 Å². The highest BCUT2D eigenvalue weighted by atomic mass is 31.2. The van der Waals surface area contributed by atoms with Gasteiger partial charge in [0.2, 0.25) is 5.91 Å². The van der Waals surface area contributed by atoms with Gasteiger partial charge in [-0.25, -0.2) is 0 Å². The molecule has 1 amide bonds. The van der Waals surface area contributed by atoms with Crippen LogP contribution in [0.4, 0.5) is 0 Å². The monoisotopic (exact) mass is 606 g/mol. The fourth-order valence-electron chi connectivity index (χ4n) is 4.80. The number of aliphatic hydroxyl groups excluding tert-OH is 1. The first-order valence-corrected chi connectivity index (χ1v) is 18.3. The smallest absolute Gasteiger partial charge is 0.268 e. The molecule has 0 saturated heterocycles. The SMILES string of the molecule is CCCCCCCCCCCCCC[C@@H](O)[C@H](COP(=O)([O-])OCC[N+](C)(C)C)NC(=O)CCCCCCCCC. The van der Waals surface area contributed by atoms with Crippen LogP contribution in [0.1, 0.15) is 149 Å². The number of nitrogens with zero attached hydrogens (tertiary/aromatic N) is 1. The predicted molar refractivity (Wildman–Crippen MR) is 169 cm³/mol. The second-order valence-electron chi connectivity index (χ2n) is 12.9. The molecular weight excluding hydrogens is 539 g/mol. The number of hydrogen-bond acceptors (Lipinski definition) is 6. The highest BCUT2D eigenvalue weighted by Gasteiger charge is 2.24. The van der Waals surface area contributed by atoms with Gasteiger partial charge >= 0.3 is 0 Å². The number of hydrogen-bond donors (Lipinski definition) is 2. The number of nitrogens with one attached hydrogen (secondary N) is 1. The summed E-state index contributed by atoms with van der Waals surface area (Å²) in [5.41, 5.74) is 0. The van der Waals surface area contributed by atoms with Crippen molar-refractivity contribution in [2.24, 2.45) is 0 Å². The minimum Gasteiger partial charge on any atom is -0.756 e. The molecule has 8 nitrogen and oxygen atoms in total. The van der Waals surface area contributed by atoms with E-state index in [1.54, 1.807) is 0 Å². The van der Waals surface area contributed by atoms with E-state index in [9.17, 15) is 19.4 Å². The lowest BCUT2D eigenvalue weighted by Gasteiger charge is -2.30. The molecule has 9 heteroatoms. The van der Waals surface area contributed by atoms with Crippen LogP contribution in [0.15, 0.2) is 0 Å². The molecule has 0 spiro atoms. The number of amides is 1. The molecule has 1 unspecified atom stereocenters. The number of rotatable bonds is 30. The van der Waals surface area contributed by atoms with Gasteiger partial charge in [-0.15, -0.1) is 0 Å². The van der Waals surface area contributed by atoms with Gasteiger partial charge in [-0.05, 0) is 12.8 Å². The molecule has 0 aromatic rings. The van der Waals surface area contributed by atoms with E-state index in [0.717, 1.165) is 38.5 Å². The van der Waals surface area contributed by atoms with Crippen LogP contribution in [0, 0.1) is 0 Å². The van der Waals surface area contributed by atoms with Crippen LogP contribution < -0.4 is 10.2 Å². The Morgan fingerprint density at radius 2 is 1.20 bits per heavy atom. The fraction of sp³-hybridized carbons (Fsp3) is 0.969. The molecule has 0 aliphatic heterocycles. The van der Waals surface area contributed by atoms with Crippen molar-refractivity contribution in [3.63, 3.8) is 0 Å². The summed E-state index contributed by atoms with van der Waals surface area (Å²) in [6.07, 6.45) is 22.5. The van der Waals surface area contributed by atoms with Gasteiger partial charge in [0, 0.05) is 6.42 Å². The third kappa shape index (κ3) is 28.1. The molecule has 0 fully saturated rings. The first-order valence-electron chi connectivity index (χ1n) is 16.9. The molecule has 0 aliphatic rings. The Morgan fingerprint density at radius 3 is 1.66 bits per heavy atom. The van der Waals surface area contributed by atoms with Crippen LogP contribution in [0.5, 0.6) is 0 Å². The molecule has 0 heterocycles. The number of quaternary nitrogens is 1. The molecule has 0 bridgehead atoms. The molecular formula is C32H67N2O6P. The summed E-state index contributed by atoms with van der Waals surface area (Å²) in [6, 6.07) is -0.788. The van der Waals surface area contributed by atoms with Gasteiger partial charge in [0.05, 0.1) is 39.9 Å². The number of likely N-dealkylation sites (N-methyl/N-ethyl adjacent to an activating group) is 1. The first-order chi connectivity index (χ1) is 19.5. The lowest BCUT2D eigenvalue weighted by Crippen LogP contribution is -2.46. The van der Waals surface area contributed by atoms with Gasteiger partial charge in [-0.1, -0.05) is 129 Å². The van der Waals surface area contributed by atoms with E-state index in [1.165, 1.54) is 83.5 Å². The predicted octanol–water partition coefficient (Wildman–Crippen LogP) is 7.27. The highest BCUT2D eigenvalue weighted by molar-refractivity contribution is 7.45. The summed E-state index contributed by atoms with van der Waals surface area (Å²) >= 11 is 0. The Morgan fingerprint density at radius 1 is 0.756 bits per heavy atom. The first kappa shape index (κ1) is 40.5. The Hall–Kier alpha value is -0.500. The van der Waals surface area contributed by atoms with Crippen molar-refractivity contribution in [2.45, 2.75) is 161 Å².